The summed E-state index contributed by atoms with van der Waals surface area (Å²) in [5, 5.41) is 0. The first-order valence-corrected chi connectivity index (χ1v) is 6.39. The number of ether oxygens (including phenoxy) is 1. The van der Waals surface area contributed by atoms with E-state index in [4.69, 9.17) is 4.74 Å². The molecular formula is C11H19NO2S. The summed E-state index contributed by atoms with van der Waals surface area (Å²) in [5.41, 5.74) is 0. The van der Waals surface area contributed by atoms with Crippen molar-refractivity contribution in [3.63, 3.8) is 0 Å². The zero-order valence-electron chi connectivity index (χ0n) is 9.02. The number of carbonyl (C=O) groups is 1. The van der Waals surface area contributed by atoms with Gasteiger partial charge in [0, 0.05) is 32.7 Å². The Hall–Kier alpha value is -0.220. The number of rotatable bonds is 3. The molecule has 0 spiro atoms. The number of likely N-dealkylation sites (tertiary alicyclic amines) is 1. The summed E-state index contributed by atoms with van der Waals surface area (Å²) in [6.45, 7) is 3.58. The quantitative estimate of drug-likeness (QED) is 0.737. The molecule has 1 unspecified atom stereocenters. The minimum atomic E-state index is 0.320. The molecule has 15 heavy (non-hydrogen) atoms. The third-order valence-corrected chi connectivity index (χ3v) is 3.89. The maximum Gasteiger partial charge on any atom is 0.222 e. The Morgan fingerprint density at radius 3 is 2.67 bits per heavy atom. The Bertz CT molecular complexity index is 229. The van der Waals surface area contributed by atoms with Gasteiger partial charge < -0.3 is 9.64 Å². The van der Waals surface area contributed by atoms with Crippen molar-refractivity contribution in [3.8, 4) is 0 Å². The lowest BCUT2D eigenvalue weighted by Gasteiger charge is -2.27. The number of amides is 1. The molecule has 2 rings (SSSR count). The van der Waals surface area contributed by atoms with Gasteiger partial charge >= 0.3 is 0 Å². The number of carbonyl (C=O) groups excluding carboxylic acids is 1. The third kappa shape index (κ3) is 2.88. The fraction of sp³-hybridized carbons (Fsp3) is 0.909. The van der Waals surface area contributed by atoms with Gasteiger partial charge in [0.15, 0.2) is 0 Å². The van der Waals surface area contributed by atoms with Crippen molar-refractivity contribution in [1.29, 1.82) is 0 Å². The number of hydrogen-bond acceptors (Lipinski definition) is 3. The molecule has 2 aliphatic heterocycles. The molecule has 0 aromatic carbocycles. The second-order valence-electron chi connectivity index (χ2n) is 4.61. The largest absolute Gasteiger partial charge is 0.381 e. The van der Waals surface area contributed by atoms with Gasteiger partial charge in [-0.25, -0.2) is 0 Å². The van der Waals surface area contributed by atoms with Crippen molar-refractivity contribution >= 4 is 18.5 Å². The average molecular weight is 229 g/mol. The molecule has 0 aromatic rings. The predicted molar refractivity (Wildman–Crippen MR) is 62.1 cm³/mol. The zero-order valence-corrected chi connectivity index (χ0v) is 9.92. The van der Waals surface area contributed by atoms with Crippen molar-refractivity contribution in [2.24, 2.45) is 11.8 Å². The summed E-state index contributed by atoms with van der Waals surface area (Å²) >= 11 is 4.26. The maximum absolute atomic E-state index is 11.7. The molecule has 0 radical (unpaired) electrons. The fourth-order valence-electron chi connectivity index (χ4n) is 2.39. The Balaban J connectivity index is 1.81. The first-order chi connectivity index (χ1) is 7.29. The van der Waals surface area contributed by atoms with Gasteiger partial charge in [0.05, 0.1) is 0 Å². The van der Waals surface area contributed by atoms with Gasteiger partial charge in [-0.3, -0.25) is 4.79 Å². The zero-order chi connectivity index (χ0) is 10.7. The summed E-state index contributed by atoms with van der Waals surface area (Å²) in [4.78, 5) is 13.7. The van der Waals surface area contributed by atoms with Gasteiger partial charge in [0.1, 0.15) is 0 Å². The first kappa shape index (κ1) is 11.3. The monoisotopic (exact) mass is 229 g/mol. The van der Waals surface area contributed by atoms with Crippen LogP contribution >= 0.6 is 12.6 Å². The van der Waals surface area contributed by atoms with Crippen molar-refractivity contribution in [2.75, 3.05) is 32.1 Å². The minimum absolute atomic E-state index is 0.320. The van der Waals surface area contributed by atoms with Crippen molar-refractivity contribution in [2.45, 2.75) is 19.3 Å². The highest BCUT2D eigenvalue weighted by molar-refractivity contribution is 7.80. The van der Waals surface area contributed by atoms with E-state index in [9.17, 15) is 4.79 Å². The molecule has 0 saturated carbocycles. The van der Waals surface area contributed by atoms with Gasteiger partial charge in [-0.05, 0) is 30.4 Å². The molecule has 86 valence electrons. The van der Waals surface area contributed by atoms with Crippen LogP contribution in [0.5, 0.6) is 0 Å². The molecule has 2 saturated heterocycles. The molecule has 0 aromatic heterocycles. The third-order valence-electron chi connectivity index (χ3n) is 3.37. The van der Waals surface area contributed by atoms with Crippen LogP contribution in [0.4, 0.5) is 0 Å². The highest BCUT2D eigenvalue weighted by atomic mass is 32.1. The molecule has 2 aliphatic rings. The Morgan fingerprint density at radius 2 is 2.07 bits per heavy atom. The fourth-order valence-corrected chi connectivity index (χ4v) is 2.64. The van der Waals surface area contributed by atoms with Gasteiger partial charge in [-0.1, -0.05) is 0 Å². The van der Waals surface area contributed by atoms with Gasteiger partial charge in [0.2, 0.25) is 5.91 Å². The van der Waals surface area contributed by atoms with Crippen LogP contribution in [-0.4, -0.2) is 42.9 Å². The Labute approximate surface area is 96.6 Å². The topological polar surface area (TPSA) is 29.5 Å². The normalized spacial score (nSPS) is 28.7. The van der Waals surface area contributed by atoms with Crippen molar-refractivity contribution < 1.29 is 9.53 Å². The summed E-state index contributed by atoms with van der Waals surface area (Å²) < 4.78 is 5.32. The van der Waals surface area contributed by atoms with Gasteiger partial charge in [-0.15, -0.1) is 0 Å². The Kier molecular flexibility index (Phi) is 3.92. The second-order valence-corrected chi connectivity index (χ2v) is 4.97. The van der Waals surface area contributed by atoms with Crippen molar-refractivity contribution in [3.05, 3.63) is 0 Å². The highest BCUT2D eigenvalue weighted by Crippen LogP contribution is 2.23. The number of thiol groups is 1. The van der Waals surface area contributed by atoms with E-state index in [1.165, 1.54) is 0 Å². The van der Waals surface area contributed by atoms with E-state index >= 15 is 0 Å². The van der Waals surface area contributed by atoms with Crippen molar-refractivity contribution in [1.82, 2.24) is 4.90 Å². The first-order valence-electron chi connectivity index (χ1n) is 5.76. The van der Waals surface area contributed by atoms with Crippen LogP contribution in [0.2, 0.25) is 0 Å². The van der Waals surface area contributed by atoms with E-state index in [-0.39, 0.29) is 0 Å². The van der Waals surface area contributed by atoms with Crippen LogP contribution in [-0.2, 0) is 9.53 Å². The lowest BCUT2D eigenvalue weighted by atomic mass is 10.00. The number of nitrogens with zero attached hydrogens (tertiary/aromatic N) is 1. The molecule has 0 aliphatic carbocycles. The lowest BCUT2D eigenvalue weighted by Crippen LogP contribution is -2.33. The molecule has 3 nitrogen and oxygen atoms in total. The van der Waals surface area contributed by atoms with Crippen LogP contribution in [0.15, 0.2) is 0 Å². The average Bonchev–Trinajstić information content (AvgIpc) is 2.61. The van der Waals surface area contributed by atoms with Crippen LogP contribution in [0, 0.1) is 11.8 Å². The summed E-state index contributed by atoms with van der Waals surface area (Å²) in [6.07, 6.45) is 2.91. The molecule has 1 atom stereocenters. The second kappa shape index (κ2) is 5.21. The summed E-state index contributed by atoms with van der Waals surface area (Å²) in [7, 11) is 0. The molecule has 0 bridgehead atoms. The van der Waals surface area contributed by atoms with Crippen LogP contribution < -0.4 is 0 Å². The SMILES string of the molecule is O=C1CC(CS)CN1CC1CCOCC1. The highest BCUT2D eigenvalue weighted by Gasteiger charge is 2.30. The Morgan fingerprint density at radius 1 is 1.33 bits per heavy atom. The van der Waals surface area contributed by atoms with E-state index in [1.807, 2.05) is 4.90 Å². The minimum Gasteiger partial charge on any atom is -0.381 e. The molecule has 0 N–H and O–H groups in total. The van der Waals surface area contributed by atoms with Gasteiger partial charge in [-0.2, -0.15) is 12.6 Å². The lowest BCUT2D eigenvalue weighted by molar-refractivity contribution is -0.128. The van der Waals surface area contributed by atoms with Crippen LogP contribution in [0.1, 0.15) is 19.3 Å². The molecule has 1 amide bonds. The predicted octanol–water partition coefficient (Wildman–Crippen LogP) is 1.19. The van der Waals surface area contributed by atoms with E-state index in [0.29, 0.717) is 24.2 Å². The molecule has 4 heteroatoms. The molecule has 2 heterocycles. The van der Waals surface area contributed by atoms with E-state index in [1.54, 1.807) is 0 Å². The molecular weight excluding hydrogens is 210 g/mol. The summed E-state index contributed by atoms with van der Waals surface area (Å²) in [6, 6.07) is 0. The van der Waals surface area contributed by atoms with E-state index in [2.05, 4.69) is 12.6 Å². The standard InChI is InChI=1S/C11H19NO2S/c13-11-5-10(8-15)7-12(11)6-9-1-3-14-4-2-9/h9-10,15H,1-8H2. The molecule has 2 fully saturated rings. The smallest absolute Gasteiger partial charge is 0.222 e. The van der Waals surface area contributed by atoms with Gasteiger partial charge in [0.25, 0.3) is 0 Å². The van der Waals surface area contributed by atoms with Crippen LogP contribution in [0.25, 0.3) is 0 Å². The number of hydrogen-bond donors (Lipinski definition) is 1. The van der Waals surface area contributed by atoms with E-state index < -0.39 is 0 Å². The van der Waals surface area contributed by atoms with E-state index in [0.717, 1.165) is 44.9 Å². The summed E-state index contributed by atoms with van der Waals surface area (Å²) in [5.74, 6) is 2.28. The maximum atomic E-state index is 11.7. The van der Waals surface area contributed by atoms with Crippen LogP contribution in [0.3, 0.4) is 0 Å².